The smallest absolute Gasteiger partial charge is 0.0417 e. The van der Waals surface area contributed by atoms with E-state index < -0.39 is 0 Å². The summed E-state index contributed by atoms with van der Waals surface area (Å²) in [4.78, 5) is 1.29. The molecule has 1 aliphatic rings. The molecule has 0 bridgehead atoms. The number of halogens is 1. The normalized spacial score (nSPS) is 27.6. The van der Waals surface area contributed by atoms with Gasteiger partial charge in [0.1, 0.15) is 0 Å². The highest BCUT2D eigenvalue weighted by molar-refractivity contribution is 8.00. The fourth-order valence-corrected chi connectivity index (χ4v) is 4.81. The SMILES string of the molecule is CNC1CCC(C(C)(C)C)CC1Sc1cccc(Cl)c1. The number of rotatable bonds is 3. The van der Waals surface area contributed by atoms with Gasteiger partial charge in [0.15, 0.2) is 0 Å². The highest BCUT2D eigenvalue weighted by Gasteiger charge is 2.35. The van der Waals surface area contributed by atoms with Gasteiger partial charge in [-0.25, -0.2) is 0 Å². The summed E-state index contributed by atoms with van der Waals surface area (Å²) < 4.78 is 0. The van der Waals surface area contributed by atoms with Crippen LogP contribution in [0.4, 0.5) is 0 Å². The quantitative estimate of drug-likeness (QED) is 0.819. The van der Waals surface area contributed by atoms with E-state index >= 15 is 0 Å². The Morgan fingerprint density at radius 1 is 1.25 bits per heavy atom. The van der Waals surface area contributed by atoms with Gasteiger partial charge in [-0.3, -0.25) is 0 Å². The van der Waals surface area contributed by atoms with E-state index in [1.54, 1.807) is 0 Å². The number of nitrogens with one attached hydrogen (secondary N) is 1. The molecule has 1 nitrogen and oxygen atoms in total. The first kappa shape index (κ1) is 16.2. The first-order chi connectivity index (χ1) is 9.40. The maximum absolute atomic E-state index is 6.11. The van der Waals surface area contributed by atoms with Crippen LogP contribution in [0.2, 0.25) is 5.02 Å². The van der Waals surface area contributed by atoms with Gasteiger partial charge >= 0.3 is 0 Å². The summed E-state index contributed by atoms with van der Waals surface area (Å²) in [6.07, 6.45) is 3.89. The Bertz CT molecular complexity index is 441. The van der Waals surface area contributed by atoms with E-state index in [0.717, 1.165) is 10.9 Å². The van der Waals surface area contributed by atoms with Crippen LogP contribution in [0.15, 0.2) is 29.2 Å². The van der Waals surface area contributed by atoms with E-state index in [-0.39, 0.29) is 0 Å². The van der Waals surface area contributed by atoms with Crippen LogP contribution in [0.1, 0.15) is 40.0 Å². The molecular formula is C17H26ClNS. The van der Waals surface area contributed by atoms with Crippen molar-refractivity contribution in [3.63, 3.8) is 0 Å². The van der Waals surface area contributed by atoms with Gasteiger partial charge in [0, 0.05) is 21.2 Å². The van der Waals surface area contributed by atoms with E-state index in [9.17, 15) is 0 Å². The molecule has 0 saturated heterocycles. The minimum atomic E-state index is 0.409. The predicted octanol–water partition coefficient (Wildman–Crippen LogP) is 5.23. The highest BCUT2D eigenvalue weighted by atomic mass is 35.5. The van der Waals surface area contributed by atoms with E-state index in [0.29, 0.717) is 16.7 Å². The lowest BCUT2D eigenvalue weighted by molar-refractivity contribution is 0.167. The number of thioether (sulfide) groups is 1. The Morgan fingerprint density at radius 2 is 2.00 bits per heavy atom. The van der Waals surface area contributed by atoms with Crippen LogP contribution >= 0.6 is 23.4 Å². The van der Waals surface area contributed by atoms with E-state index in [1.165, 1.54) is 24.2 Å². The summed E-state index contributed by atoms with van der Waals surface area (Å²) in [5.74, 6) is 0.809. The summed E-state index contributed by atoms with van der Waals surface area (Å²) >= 11 is 8.09. The van der Waals surface area contributed by atoms with Crippen molar-refractivity contribution in [2.45, 2.75) is 56.2 Å². The van der Waals surface area contributed by atoms with Crippen molar-refractivity contribution < 1.29 is 0 Å². The van der Waals surface area contributed by atoms with Gasteiger partial charge in [-0.05, 0) is 55.8 Å². The maximum Gasteiger partial charge on any atom is 0.0417 e. The second-order valence-electron chi connectivity index (χ2n) is 6.88. The molecule has 0 spiro atoms. The molecule has 1 N–H and O–H groups in total. The zero-order valence-corrected chi connectivity index (χ0v) is 14.5. The molecular weight excluding hydrogens is 286 g/mol. The minimum Gasteiger partial charge on any atom is -0.316 e. The van der Waals surface area contributed by atoms with E-state index in [4.69, 9.17) is 11.6 Å². The number of hydrogen-bond donors (Lipinski definition) is 1. The molecule has 20 heavy (non-hydrogen) atoms. The monoisotopic (exact) mass is 311 g/mol. The summed E-state index contributed by atoms with van der Waals surface area (Å²) in [7, 11) is 2.09. The molecule has 0 aromatic heterocycles. The summed E-state index contributed by atoms with van der Waals surface area (Å²) in [6, 6.07) is 8.85. The third kappa shape index (κ3) is 4.16. The van der Waals surface area contributed by atoms with Crippen LogP contribution in [0.25, 0.3) is 0 Å². The van der Waals surface area contributed by atoms with Crippen LogP contribution < -0.4 is 5.32 Å². The second kappa shape index (κ2) is 6.72. The van der Waals surface area contributed by atoms with Gasteiger partial charge < -0.3 is 5.32 Å². The standard InChI is InChI=1S/C17H26ClNS/c1-17(2,3)12-8-9-15(19-4)16(10-12)20-14-7-5-6-13(18)11-14/h5-7,11-12,15-16,19H,8-10H2,1-4H3. The third-order valence-corrected chi connectivity index (χ3v) is 6.06. The number of hydrogen-bond acceptors (Lipinski definition) is 2. The Labute approximate surface area is 132 Å². The van der Waals surface area contributed by atoms with Crippen LogP contribution in [0.5, 0.6) is 0 Å². The average Bonchev–Trinajstić information content (AvgIpc) is 2.37. The number of benzene rings is 1. The molecule has 112 valence electrons. The molecule has 0 amide bonds. The molecule has 3 unspecified atom stereocenters. The van der Waals surface area contributed by atoms with Crippen LogP contribution in [-0.4, -0.2) is 18.3 Å². The molecule has 2 rings (SSSR count). The lowest BCUT2D eigenvalue weighted by atomic mass is 9.71. The molecule has 1 saturated carbocycles. The molecule has 0 radical (unpaired) electrons. The minimum absolute atomic E-state index is 0.409. The molecule has 1 aromatic rings. The van der Waals surface area contributed by atoms with E-state index in [2.05, 4.69) is 45.3 Å². The summed E-state index contributed by atoms with van der Waals surface area (Å²) in [6.45, 7) is 7.12. The first-order valence-electron chi connectivity index (χ1n) is 7.49. The molecule has 1 aromatic carbocycles. The lowest BCUT2D eigenvalue weighted by Gasteiger charge is -2.41. The summed E-state index contributed by atoms with van der Waals surface area (Å²) in [5, 5.41) is 4.98. The van der Waals surface area contributed by atoms with Crippen LogP contribution in [0, 0.1) is 11.3 Å². The molecule has 3 atom stereocenters. The summed E-state index contributed by atoms with van der Waals surface area (Å²) in [5.41, 5.74) is 0.409. The van der Waals surface area contributed by atoms with E-state index in [1.807, 2.05) is 23.9 Å². The van der Waals surface area contributed by atoms with Gasteiger partial charge in [-0.1, -0.05) is 38.4 Å². The van der Waals surface area contributed by atoms with Crippen molar-refractivity contribution in [3.8, 4) is 0 Å². The highest BCUT2D eigenvalue weighted by Crippen LogP contribution is 2.43. The Balaban J connectivity index is 2.09. The second-order valence-corrected chi connectivity index (χ2v) is 8.63. The van der Waals surface area contributed by atoms with Crippen molar-refractivity contribution >= 4 is 23.4 Å². The predicted molar refractivity (Wildman–Crippen MR) is 90.7 cm³/mol. The van der Waals surface area contributed by atoms with Crippen molar-refractivity contribution in [3.05, 3.63) is 29.3 Å². The topological polar surface area (TPSA) is 12.0 Å². The Morgan fingerprint density at radius 3 is 2.60 bits per heavy atom. The van der Waals surface area contributed by atoms with Gasteiger partial charge in [0.05, 0.1) is 0 Å². The fraction of sp³-hybridized carbons (Fsp3) is 0.647. The van der Waals surface area contributed by atoms with Crippen molar-refractivity contribution in [2.75, 3.05) is 7.05 Å². The van der Waals surface area contributed by atoms with Gasteiger partial charge in [0.25, 0.3) is 0 Å². The van der Waals surface area contributed by atoms with Gasteiger partial charge in [-0.2, -0.15) is 0 Å². The van der Waals surface area contributed by atoms with Crippen molar-refractivity contribution in [1.82, 2.24) is 5.32 Å². The zero-order valence-electron chi connectivity index (χ0n) is 12.9. The van der Waals surface area contributed by atoms with Crippen LogP contribution in [0.3, 0.4) is 0 Å². The Hall–Kier alpha value is -0.180. The molecule has 3 heteroatoms. The first-order valence-corrected chi connectivity index (χ1v) is 8.75. The Kier molecular flexibility index (Phi) is 5.44. The molecule has 0 aliphatic heterocycles. The molecule has 1 fully saturated rings. The average molecular weight is 312 g/mol. The maximum atomic E-state index is 6.11. The lowest BCUT2D eigenvalue weighted by Crippen LogP contribution is -2.43. The fourth-order valence-electron chi connectivity index (χ4n) is 3.09. The molecule has 0 heterocycles. The van der Waals surface area contributed by atoms with Crippen LogP contribution in [-0.2, 0) is 0 Å². The largest absolute Gasteiger partial charge is 0.316 e. The van der Waals surface area contributed by atoms with Crippen molar-refractivity contribution in [2.24, 2.45) is 11.3 Å². The third-order valence-electron chi connectivity index (χ3n) is 4.47. The zero-order chi connectivity index (χ0) is 14.8. The van der Waals surface area contributed by atoms with Crippen molar-refractivity contribution in [1.29, 1.82) is 0 Å². The molecule has 1 aliphatic carbocycles. The van der Waals surface area contributed by atoms with Gasteiger partial charge in [0.2, 0.25) is 0 Å². The van der Waals surface area contributed by atoms with Gasteiger partial charge in [-0.15, -0.1) is 11.8 Å².